The van der Waals surface area contributed by atoms with Gasteiger partial charge in [-0.3, -0.25) is 5.32 Å². The molecule has 1 N–H and O–H groups in total. The number of aryl methyl sites for hydroxylation is 1. The third kappa shape index (κ3) is 3.13. The van der Waals surface area contributed by atoms with E-state index in [1.165, 1.54) is 5.56 Å². The van der Waals surface area contributed by atoms with Gasteiger partial charge in [0.2, 0.25) is 0 Å². The highest BCUT2D eigenvalue weighted by Crippen LogP contribution is 2.40. The highest BCUT2D eigenvalue weighted by atomic mass is 16.5. The summed E-state index contributed by atoms with van der Waals surface area (Å²) in [6.45, 7) is 7.55. The first kappa shape index (κ1) is 14.9. The molecule has 0 amide bonds. The third-order valence-corrected chi connectivity index (χ3v) is 4.17. The molecule has 0 aromatic heterocycles. The van der Waals surface area contributed by atoms with E-state index < -0.39 is 5.54 Å². The van der Waals surface area contributed by atoms with E-state index in [2.05, 4.69) is 38.2 Å². The van der Waals surface area contributed by atoms with E-state index in [0.29, 0.717) is 12.5 Å². The zero-order chi connectivity index (χ0) is 14.6. The lowest BCUT2D eigenvalue weighted by atomic mass is 9.96. The van der Waals surface area contributed by atoms with Crippen molar-refractivity contribution < 1.29 is 4.74 Å². The molecule has 1 aromatic carbocycles. The van der Waals surface area contributed by atoms with Gasteiger partial charge in [0.1, 0.15) is 17.9 Å². The Balaban J connectivity index is 2.09. The van der Waals surface area contributed by atoms with Crippen molar-refractivity contribution >= 4 is 0 Å². The number of nitrogens with zero attached hydrogens (tertiary/aromatic N) is 1. The molecule has 3 heteroatoms. The molecule has 2 rings (SSSR count). The van der Waals surface area contributed by atoms with Crippen molar-refractivity contribution in [3.63, 3.8) is 0 Å². The van der Waals surface area contributed by atoms with Gasteiger partial charge in [-0.2, -0.15) is 5.26 Å². The molecule has 1 saturated carbocycles. The second kappa shape index (κ2) is 6.28. The van der Waals surface area contributed by atoms with E-state index in [1.54, 1.807) is 0 Å². The summed E-state index contributed by atoms with van der Waals surface area (Å²) < 4.78 is 5.99. The van der Waals surface area contributed by atoms with Crippen LogP contribution in [0.25, 0.3) is 0 Å². The van der Waals surface area contributed by atoms with Crippen molar-refractivity contribution in [3.8, 4) is 11.8 Å². The van der Waals surface area contributed by atoms with Crippen LogP contribution in [0.15, 0.2) is 18.2 Å². The monoisotopic (exact) mass is 272 g/mol. The first-order chi connectivity index (χ1) is 9.63. The van der Waals surface area contributed by atoms with Crippen LogP contribution in [-0.4, -0.2) is 18.7 Å². The molecule has 20 heavy (non-hydrogen) atoms. The van der Waals surface area contributed by atoms with Crippen LogP contribution in [0.2, 0.25) is 0 Å². The van der Waals surface area contributed by atoms with E-state index in [-0.39, 0.29) is 0 Å². The molecule has 0 saturated heterocycles. The fourth-order valence-corrected chi connectivity index (χ4v) is 2.47. The molecule has 1 atom stereocenters. The van der Waals surface area contributed by atoms with Gasteiger partial charge in [-0.25, -0.2) is 0 Å². The SMILES string of the molecule is CCCNC(C#N)(COc1cccc(C)c1C)C1CC1. The van der Waals surface area contributed by atoms with Crippen molar-refractivity contribution in [1.29, 1.82) is 5.26 Å². The maximum atomic E-state index is 9.62. The summed E-state index contributed by atoms with van der Waals surface area (Å²) >= 11 is 0. The minimum Gasteiger partial charge on any atom is -0.490 e. The second-order valence-corrected chi connectivity index (χ2v) is 5.77. The van der Waals surface area contributed by atoms with Crippen LogP contribution in [0.3, 0.4) is 0 Å². The minimum atomic E-state index is -0.522. The zero-order valence-electron chi connectivity index (χ0n) is 12.7. The summed E-state index contributed by atoms with van der Waals surface area (Å²) in [4.78, 5) is 0. The lowest BCUT2D eigenvalue weighted by Gasteiger charge is -2.28. The predicted octanol–water partition coefficient (Wildman–Crippen LogP) is 3.35. The second-order valence-electron chi connectivity index (χ2n) is 5.77. The van der Waals surface area contributed by atoms with Gasteiger partial charge in [0.05, 0.1) is 6.07 Å². The number of benzene rings is 1. The molecular formula is C17H24N2O. The van der Waals surface area contributed by atoms with Crippen LogP contribution >= 0.6 is 0 Å². The Morgan fingerprint density at radius 2 is 2.15 bits per heavy atom. The number of nitriles is 1. The molecule has 0 bridgehead atoms. The van der Waals surface area contributed by atoms with Gasteiger partial charge in [-0.15, -0.1) is 0 Å². The zero-order valence-corrected chi connectivity index (χ0v) is 12.7. The van der Waals surface area contributed by atoms with Gasteiger partial charge in [0.15, 0.2) is 0 Å². The van der Waals surface area contributed by atoms with Gasteiger partial charge >= 0.3 is 0 Å². The number of hydrogen-bond acceptors (Lipinski definition) is 3. The lowest BCUT2D eigenvalue weighted by Crippen LogP contribution is -2.51. The molecule has 1 aliphatic rings. The van der Waals surface area contributed by atoms with Crippen LogP contribution in [0.5, 0.6) is 5.75 Å². The molecule has 0 heterocycles. The van der Waals surface area contributed by atoms with E-state index in [1.807, 2.05) is 12.1 Å². The Morgan fingerprint density at radius 1 is 1.40 bits per heavy atom. The fourth-order valence-electron chi connectivity index (χ4n) is 2.47. The van der Waals surface area contributed by atoms with Crippen molar-refractivity contribution in [1.82, 2.24) is 5.32 Å². The minimum absolute atomic E-state index is 0.429. The van der Waals surface area contributed by atoms with Crippen LogP contribution < -0.4 is 10.1 Å². The highest BCUT2D eigenvalue weighted by molar-refractivity contribution is 5.38. The Morgan fingerprint density at radius 3 is 2.75 bits per heavy atom. The van der Waals surface area contributed by atoms with Crippen LogP contribution in [-0.2, 0) is 0 Å². The van der Waals surface area contributed by atoms with Crippen LogP contribution in [0.1, 0.15) is 37.3 Å². The standard InChI is InChI=1S/C17H24N2O/c1-4-10-19-17(11-18,15-8-9-15)12-20-16-7-5-6-13(2)14(16)3/h5-7,15,19H,4,8-10,12H2,1-3H3. The number of ether oxygens (including phenoxy) is 1. The topological polar surface area (TPSA) is 45.0 Å². The average Bonchev–Trinajstić information content (AvgIpc) is 3.29. The molecular weight excluding hydrogens is 248 g/mol. The van der Waals surface area contributed by atoms with Gasteiger partial charge < -0.3 is 4.74 Å². The molecule has 1 fully saturated rings. The third-order valence-electron chi connectivity index (χ3n) is 4.17. The molecule has 108 valence electrons. The van der Waals surface area contributed by atoms with E-state index in [9.17, 15) is 5.26 Å². The summed E-state index contributed by atoms with van der Waals surface area (Å²) in [5.41, 5.74) is 1.86. The van der Waals surface area contributed by atoms with Crippen molar-refractivity contribution in [3.05, 3.63) is 29.3 Å². The summed E-state index contributed by atoms with van der Waals surface area (Å²) in [6, 6.07) is 8.55. The van der Waals surface area contributed by atoms with E-state index >= 15 is 0 Å². The quantitative estimate of drug-likeness (QED) is 0.828. The van der Waals surface area contributed by atoms with Crippen molar-refractivity contribution in [2.24, 2.45) is 5.92 Å². The summed E-state index contributed by atoms with van der Waals surface area (Å²) in [5, 5.41) is 13.0. The molecule has 3 nitrogen and oxygen atoms in total. The Labute approximate surface area is 121 Å². The molecule has 0 radical (unpaired) electrons. The van der Waals surface area contributed by atoms with E-state index in [0.717, 1.165) is 37.1 Å². The van der Waals surface area contributed by atoms with Gasteiger partial charge in [0.25, 0.3) is 0 Å². The maximum absolute atomic E-state index is 9.62. The normalized spacial score (nSPS) is 17.3. The smallest absolute Gasteiger partial charge is 0.143 e. The highest BCUT2D eigenvalue weighted by Gasteiger charge is 2.46. The van der Waals surface area contributed by atoms with Crippen LogP contribution in [0.4, 0.5) is 0 Å². The molecule has 0 aliphatic heterocycles. The maximum Gasteiger partial charge on any atom is 0.143 e. The first-order valence-electron chi connectivity index (χ1n) is 7.48. The fraction of sp³-hybridized carbons (Fsp3) is 0.588. The molecule has 0 spiro atoms. The molecule has 1 aromatic rings. The summed E-state index contributed by atoms with van der Waals surface area (Å²) in [7, 11) is 0. The van der Waals surface area contributed by atoms with E-state index in [4.69, 9.17) is 4.74 Å². The van der Waals surface area contributed by atoms with Crippen molar-refractivity contribution in [2.75, 3.05) is 13.2 Å². The Bertz CT molecular complexity index is 502. The lowest BCUT2D eigenvalue weighted by molar-refractivity contribution is 0.201. The Kier molecular flexibility index (Phi) is 4.67. The number of hydrogen-bond donors (Lipinski definition) is 1. The van der Waals surface area contributed by atoms with Gasteiger partial charge in [-0.05, 0) is 62.8 Å². The largest absolute Gasteiger partial charge is 0.490 e. The molecule has 1 aliphatic carbocycles. The molecule has 1 unspecified atom stereocenters. The van der Waals surface area contributed by atoms with Gasteiger partial charge in [0, 0.05) is 0 Å². The summed E-state index contributed by atoms with van der Waals surface area (Å²) in [6.07, 6.45) is 3.28. The van der Waals surface area contributed by atoms with Crippen LogP contribution in [0, 0.1) is 31.1 Å². The Hall–Kier alpha value is -1.53. The van der Waals surface area contributed by atoms with Gasteiger partial charge in [-0.1, -0.05) is 19.1 Å². The van der Waals surface area contributed by atoms with Crippen molar-refractivity contribution in [2.45, 2.75) is 45.6 Å². The first-order valence-corrected chi connectivity index (χ1v) is 7.48. The number of rotatable bonds is 7. The average molecular weight is 272 g/mol. The number of nitrogens with one attached hydrogen (secondary N) is 1. The summed E-state index contributed by atoms with van der Waals surface area (Å²) in [5.74, 6) is 1.33. The predicted molar refractivity (Wildman–Crippen MR) is 80.8 cm³/mol.